The third kappa shape index (κ3) is 5.38. The number of rotatable bonds is 5. The molecule has 2 aromatic rings. The number of nitrogens with two attached hydrogens (primary N) is 1. The van der Waals surface area contributed by atoms with Crippen molar-refractivity contribution in [1.29, 1.82) is 0 Å². The number of carbonyl (C=O) groups excluding carboxylic acids is 2. The average Bonchev–Trinajstić information content (AvgIpc) is 2.83. The number of benzene rings is 2. The van der Waals surface area contributed by atoms with Gasteiger partial charge in [0, 0.05) is 6.92 Å². The Morgan fingerprint density at radius 3 is 2.31 bits per heavy atom. The van der Waals surface area contributed by atoms with Crippen LogP contribution < -0.4 is 14.9 Å². The van der Waals surface area contributed by atoms with Crippen molar-refractivity contribution in [3.05, 3.63) is 42.5 Å². The van der Waals surface area contributed by atoms with Crippen molar-refractivity contribution in [2.75, 3.05) is 22.9 Å². The van der Waals surface area contributed by atoms with Crippen molar-refractivity contribution < 1.29 is 22.7 Å². The molecule has 0 unspecified atom stereocenters. The fourth-order valence-electron chi connectivity index (χ4n) is 4.82. The van der Waals surface area contributed by atoms with Crippen LogP contribution in [0.4, 0.5) is 16.2 Å². The molecule has 35 heavy (non-hydrogen) atoms. The molecule has 4 rings (SSSR count). The largest absolute Gasteiger partial charge is 0.446 e. The minimum Gasteiger partial charge on any atom is -0.446 e. The van der Waals surface area contributed by atoms with E-state index in [1.54, 1.807) is 28.0 Å². The van der Waals surface area contributed by atoms with Gasteiger partial charge in [0.1, 0.15) is 6.10 Å². The maximum Gasteiger partial charge on any atom is 0.414 e. The van der Waals surface area contributed by atoms with Gasteiger partial charge in [-0.05, 0) is 67.8 Å². The molecule has 0 aromatic heterocycles. The molecule has 0 saturated heterocycles. The molecule has 10 heteroatoms. The van der Waals surface area contributed by atoms with Crippen LogP contribution in [0.3, 0.4) is 0 Å². The van der Waals surface area contributed by atoms with Crippen LogP contribution in [-0.4, -0.2) is 52.4 Å². The minimum absolute atomic E-state index is 0.0133. The molecule has 1 fully saturated rings. The summed E-state index contributed by atoms with van der Waals surface area (Å²) in [5.41, 5.74) is 2.63. The molecule has 1 saturated carbocycles. The standard InChI is InChI=1S/C25H30N4O5S/c1-17(30)29-20(15-27-2)16-28(25(31)34-21-6-4-3-5-7-21)24-14-19(10-13-23(24)29)18-8-11-22(12-9-18)35(26,32)33/h8-14,20-21H,2-7,15-16H2,1H3,(H2,26,32,33)/t20-/m0/s1. The van der Waals surface area contributed by atoms with Gasteiger partial charge in [-0.3, -0.25) is 14.7 Å². The molecule has 1 heterocycles. The molecule has 2 aliphatic rings. The zero-order chi connectivity index (χ0) is 25.2. The summed E-state index contributed by atoms with van der Waals surface area (Å²) < 4.78 is 29.1. The zero-order valence-corrected chi connectivity index (χ0v) is 20.5. The Balaban J connectivity index is 1.74. The number of amides is 2. The van der Waals surface area contributed by atoms with E-state index in [1.165, 1.54) is 19.1 Å². The first-order valence-corrected chi connectivity index (χ1v) is 13.2. The van der Waals surface area contributed by atoms with Crippen molar-refractivity contribution >= 4 is 40.1 Å². The normalized spacial score (nSPS) is 18.6. The third-order valence-corrected chi connectivity index (χ3v) is 7.45. The maximum absolute atomic E-state index is 13.3. The number of hydrogen-bond acceptors (Lipinski definition) is 6. The van der Waals surface area contributed by atoms with E-state index in [0.29, 0.717) is 11.4 Å². The van der Waals surface area contributed by atoms with Gasteiger partial charge in [-0.25, -0.2) is 18.4 Å². The van der Waals surface area contributed by atoms with E-state index < -0.39 is 16.1 Å². The lowest BCUT2D eigenvalue weighted by Gasteiger charge is -2.41. The number of primary sulfonamides is 1. The van der Waals surface area contributed by atoms with Crippen LogP contribution in [0.2, 0.25) is 0 Å². The van der Waals surface area contributed by atoms with E-state index in [1.807, 2.05) is 12.1 Å². The smallest absolute Gasteiger partial charge is 0.414 e. The van der Waals surface area contributed by atoms with Gasteiger partial charge in [-0.1, -0.05) is 24.6 Å². The summed E-state index contributed by atoms with van der Waals surface area (Å²) >= 11 is 0. The Hall–Kier alpha value is -3.24. The molecular formula is C25H30N4O5S. The quantitative estimate of drug-likeness (QED) is 0.630. The first-order valence-electron chi connectivity index (χ1n) is 11.7. The Morgan fingerprint density at radius 2 is 1.71 bits per heavy atom. The summed E-state index contributed by atoms with van der Waals surface area (Å²) in [5.74, 6) is -0.162. The lowest BCUT2D eigenvalue weighted by molar-refractivity contribution is -0.117. The van der Waals surface area contributed by atoms with Gasteiger partial charge in [0.2, 0.25) is 15.9 Å². The second kappa shape index (κ2) is 10.2. The van der Waals surface area contributed by atoms with Crippen molar-refractivity contribution in [2.45, 2.75) is 56.1 Å². The number of aliphatic imine (C=N–C) groups is 1. The van der Waals surface area contributed by atoms with E-state index in [9.17, 15) is 18.0 Å². The highest BCUT2D eigenvalue weighted by atomic mass is 32.2. The Bertz CT molecular complexity index is 1220. The van der Waals surface area contributed by atoms with Crippen molar-refractivity contribution in [3.8, 4) is 11.1 Å². The fourth-order valence-corrected chi connectivity index (χ4v) is 5.34. The Kier molecular flexibility index (Phi) is 7.23. The van der Waals surface area contributed by atoms with Crippen LogP contribution >= 0.6 is 0 Å². The fraction of sp³-hybridized carbons (Fsp3) is 0.400. The predicted octanol–water partition coefficient (Wildman–Crippen LogP) is 3.71. The second-order valence-electron chi connectivity index (χ2n) is 8.98. The lowest BCUT2D eigenvalue weighted by atomic mass is 9.98. The summed E-state index contributed by atoms with van der Waals surface area (Å²) in [4.78, 5) is 33.1. The SMILES string of the molecule is C=NC[C@H]1CN(C(=O)OC2CCCCC2)c2cc(-c3ccc(S(N)(=O)=O)cc3)ccc2N1C(C)=O. The van der Waals surface area contributed by atoms with E-state index in [4.69, 9.17) is 9.88 Å². The van der Waals surface area contributed by atoms with Crippen LogP contribution in [0.15, 0.2) is 52.4 Å². The van der Waals surface area contributed by atoms with Crippen LogP contribution in [-0.2, 0) is 19.6 Å². The van der Waals surface area contributed by atoms with Crippen LogP contribution in [0, 0.1) is 0 Å². The summed E-state index contributed by atoms with van der Waals surface area (Å²) in [5, 5.41) is 5.21. The van der Waals surface area contributed by atoms with Gasteiger partial charge >= 0.3 is 6.09 Å². The topological polar surface area (TPSA) is 122 Å². The average molecular weight is 499 g/mol. The Morgan fingerprint density at radius 1 is 1.06 bits per heavy atom. The molecular weight excluding hydrogens is 468 g/mol. The van der Waals surface area contributed by atoms with Gasteiger partial charge < -0.3 is 9.64 Å². The van der Waals surface area contributed by atoms with Crippen molar-refractivity contribution in [1.82, 2.24) is 0 Å². The summed E-state index contributed by atoms with van der Waals surface area (Å²) in [6.07, 6.45) is 4.35. The van der Waals surface area contributed by atoms with Gasteiger partial charge in [0.15, 0.2) is 0 Å². The molecule has 1 aliphatic heterocycles. The predicted molar refractivity (Wildman–Crippen MR) is 135 cm³/mol. The molecule has 0 spiro atoms. The zero-order valence-electron chi connectivity index (χ0n) is 19.7. The number of sulfonamides is 1. The molecule has 1 atom stereocenters. The summed E-state index contributed by atoms with van der Waals surface area (Å²) in [6, 6.07) is 11.3. The number of fused-ring (bicyclic) bond motifs is 1. The summed E-state index contributed by atoms with van der Waals surface area (Å²) in [7, 11) is -3.81. The molecule has 2 amide bonds. The molecule has 0 radical (unpaired) electrons. The van der Waals surface area contributed by atoms with E-state index in [2.05, 4.69) is 11.7 Å². The monoisotopic (exact) mass is 498 g/mol. The molecule has 0 bridgehead atoms. The summed E-state index contributed by atoms with van der Waals surface area (Å²) in [6.45, 7) is 5.56. The molecule has 1 aliphatic carbocycles. The molecule has 9 nitrogen and oxygen atoms in total. The lowest BCUT2D eigenvalue weighted by Crippen LogP contribution is -2.54. The number of ether oxygens (including phenoxy) is 1. The minimum atomic E-state index is -3.81. The number of carbonyl (C=O) groups is 2. The second-order valence-corrected chi connectivity index (χ2v) is 10.5. The van der Waals surface area contributed by atoms with Gasteiger partial charge in [0.05, 0.1) is 35.4 Å². The van der Waals surface area contributed by atoms with Crippen LogP contribution in [0.5, 0.6) is 0 Å². The number of anilines is 2. The van der Waals surface area contributed by atoms with Gasteiger partial charge in [-0.15, -0.1) is 0 Å². The van der Waals surface area contributed by atoms with E-state index in [0.717, 1.165) is 43.2 Å². The van der Waals surface area contributed by atoms with E-state index in [-0.39, 0.29) is 36.0 Å². The first-order chi connectivity index (χ1) is 16.7. The van der Waals surface area contributed by atoms with Gasteiger partial charge in [-0.2, -0.15) is 0 Å². The molecule has 2 aromatic carbocycles. The van der Waals surface area contributed by atoms with Gasteiger partial charge in [0.25, 0.3) is 0 Å². The first kappa shape index (κ1) is 24.9. The highest BCUT2D eigenvalue weighted by Crippen LogP contribution is 2.40. The third-order valence-electron chi connectivity index (χ3n) is 6.52. The van der Waals surface area contributed by atoms with Crippen molar-refractivity contribution in [2.24, 2.45) is 10.1 Å². The van der Waals surface area contributed by atoms with Crippen molar-refractivity contribution in [3.63, 3.8) is 0 Å². The highest BCUT2D eigenvalue weighted by molar-refractivity contribution is 7.89. The highest BCUT2D eigenvalue weighted by Gasteiger charge is 2.37. The molecule has 2 N–H and O–H groups in total. The van der Waals surface area contributed by atoms with Crippen LogP contribution in [0.1, 0.15) is 39.0 Å². The van der Waals surface area contributed by atoms with Crippen LogP contribution in [0.25, 0.3) is 11.1 Å². The maximum atomic E-state index is 13.3. The number of hydrogen-bond donors (Lipinski definition) is 1. The number of nitrogens with zero attached hydrogens (tertiary/aromatic N) is 3. The Labute approximate surface area is 205 Å². The molecule has 186 valence electrons. The van der Waals surface area contributed by atoms with E-state index >= 15 is 0 Å².